The lowest BCUT2D eigenvalue weighted by molar-refractivity contribution is -0.138. The van der Waals surface area contributed by atoms with Crippen LogP contribution in [-0.4, -0.2) is 84.5 Å². The Morgan fingerprint density at radius 1 is 0.833 bits per heavy atom. The highest BCUT2D eigenvalue weighted by atomic mass is 16.6. The van der Waals surface area contributed by atoms with Crippen molar-refractivity contribution < 1.29 is 38.2 Å². The van der Waals surface area contributed by atoms with E-state index in [0.29, 0.717) is 19.4 Å². The van der Waals surface area contributed by atoms with Gasteiger partial charge in [-0.15, -0.1) is 0 Å². The topological polar surface area (TPSA) is 151 Å². The van der Waals surface area contributed by atoms with Gasteiger partial charge in [-0.3, -0.25) is 29.0 Å². The summed E-state index contributed by atoms with van der Waals surface area (Å²) in [6.07, 6.45) is 5.47. The van der Waals surface area contributed by atoms with Crippen LogP contribution in [0, 0.1) is 10.8 Å². The normalized spacial score (nSPS) is 24.9. The molecule has 2 atom stereocenters. The highest BCUT2D eigenvalue weighted by molar-refractivity contribution is 6.13. The Labute approximate surface area is 209 Å². The maximum atomic E-state index is 12.3. The number of nitrogens with zero attached hydrogens (tertiary/aromatic N) is 2. The van der Waals surface area contributed by atoms with Gasteiger partial charge in [-0.1, -0.05) is 20.8 Å². The molecule has 2 unspecified atom stereocenters. The van der Waals surface area contributed by atoms with E-state index in [9.17, 15) is 28.8 Å². The Kier molecular flexibility index (Phi) is 8.16. The van der Waals surface area contributed by atoms with Crippen molar-refractivity contribution in [1.29, 1.82) is 0 Å². The maximum Gasteiger partial charge on any atom is 0.407 e. The average molecular weight is 505 g/mol. The first kappa shape index (κ1) is 26.9. The Morgan fingerprint density at radius 3 is 1.81 bits per heavy atom. The summed E-state index contributed by atoms with van der Waals surface area (Å²) < 4.78 is 10.3. The first-order valence-corrected chi connectivity index (χ1v) is 11.8. The fourth-order valence-electron chi connectivity index (χ4n) is 5.18. The molecule has 0 aromatic carbocycles. The molecule has 12 heteroatoms. The molecule has 1 fully saturated rings. The summed E-state index contributed by atoms with van der Waals surface area (Å²) in [5.41, 5.74) is -0.469. The number of imide groups is 2. The highest BCUT2D eigenvalue weighted by Crippen LogP contribution is 2.45. The zero-order valence-electron chi connectivity index (χ0n) is 20.7. The van der Waals surface area contributed by atoms with Crippen molar-refractivity contribution in [2.75, 3.05) is 32.8 Å². The van der Waals surface area contributed by atoms with E-state index in [1.165, 1.54) is 24.3 Å². The minimum Gasteiger partial charge on any atom is -0.448 e. The Bertz CT molecular complexity index is 968. The van der Waals surface area contributed by atoms with Crippen LogP contribution in [0.3, 0.4) is 0 Å². The van der Waals surface area contributed by atoms with Crippen LogP contribution in [0.5, 0.6) is 0 Å². The van der Waals surface area contributed by atoms with E-state index in [2.05, 4.69) is 24.5 Å². The molecule has 0 spiro atoms. The number of carbonyl (C=O) groups excluding carboxylic acids is 6. The second-order valence-corrected chi connectivity index (χ2v) is 10.3. The number of ether oxygens (including phenoxy) is 2. The second-order valence-electron chi connectivity index (χ2n) is 10.3. The zero-order valence-corrected chi connectivity index (χ0v) is 20.7. The number of hydrogen-bond donors (Lipinski definition) is 2. The lowest BCUT2D eigenvalue weighted by atomic mass is 9.62. The Hall–Kier alpha value is -3.70. The van der Waals surface area contributed by atoms with E-state index in [1.54, 1.807) is 0 Å². The minimum absolute atomic E-state index is 0.0193. The molecule has 2 aliphatic heterocycles. The number of hydrogen-bond acceptors (Lipinski definition) is 8. The van der Waals surface area contributed by atoms with Gasteiger partial charge in [0.05, 0.1) is 13.1 Å². The monoisotopic (exact) mass is 504 g/mol. The highest BCUT2D eigenvalue weighted by Gasteiger charge is 2.42. The molecule has 0 aromatic rings. The van der Waals surface area contributed by atoms with Crippen molar-refractivity contribution in [2.24, 2.45) is 10.8 Å². The molecule has 0 aromatic heterocycles. The molecule has 6 amide bonds. The van der Waals surface area contributed by atoms with E-state index in [1.807, 2.05) is 6.92 Å². The summed E-state index contributed by atoms with van der Waals surface area (Å²) in [5, 5.41) is 5.60. The molecule has 0 saturated heterocycles. The fraction of sp³-hybridized carbons (Fsp3) is 0.583. The van der Waals surface area contributed by atoms with Crippen molar-refractivity contribution in [2.45, 2.75) is 46.1 Å². The first-order chi connectivity index (χ1) is 16.9. The van der Waals surface area contributed by atoms with Crippen LogP contribution in [-0.2, 0) is 28.7 Å². The lowest BCUT2D eigenvalue weighted by Gasteiger charge is -2.46. The third kappa shape index (κ3) is 7.15. The number of rotatable bonds is 9. The quantitative estimate of drug-likeness (QED) is 0.439. The van der Waals surface area contributed by atoms with Crippen LogP contribution in [0.4, 0.5) is 9.59 Å². The number of carbonyl (C=O) groups is 6. The van der Waals surface area contributed by atoms with Crippen molar-refractivity contribution in [3.05, 3.63) is 24.3 Å². The van der Waals surface area contributed by atoms with E-state index in [-0.39, 0.29) is 43.2 Å². The summed E-state index contributed by atoms with van der Waals surface area (Å²) in [5.74, 6) is -1.74. The summed E-state index contributed by atoms with van der Waals surface area (Å²) >= 11 is 0. The molecule has 0 radical (unpaired) electrons. The van der Waals surface area contributed by atoms with E-state index >= 15 is 0 Å². The van der Waals surface area contributed by atoms with Gasteiger partial charge >= 0.3 is 12.2 Å². The minimum atomic E-state index is -0.656. The maximum absolute atomic E-state index is 12.3. The van der Waals surface area contributed by atoms with Crippen LogP contribution in [0.25, 0.3) is 0 Å². The summed E-state index contributed by atoms with van der Waals surface area (Å²) in [4.78, 5) is 72.7. The Balaban J connectivity index is 1.41. The third-order valence-electron chi connectivity index (χ3n) is 6.32. The number of alkyl carbamates (subject to hydrolysis) is 2. The summed E-state index contributed by atoms with van der Waals surface area (Å²) in [6, 6.07) is -0.208. The molecular formula is C24H32N4O8. The number of nitrogens with one attached hydrogen (secondary N) is 2. The van der Waals surface area contributed by atoms with Gasteiger partial charge in [0, 0.05) is 36.9 Å². The fourth-order valence-corrected chi connectivity index (χ4v) is 5.18. The third-order valence-corrected chi connectivity index (χ3v) is 6.32. The van der Waals surface area contributed by atoms with Gasteiger partial charge in [-0.2, -0.15) is 0 Å². The molecular weight excluding hydrogens is 472 g/mol. The van der Waals surface area contributed by atoms with E-state index in [4.69, 9.17) is 9.47 Å². The van der Waals surface area contributed by atoms with Crippen LogP contribution in [0.1, 0.15) is 40.0 Å². The molecule has 3 rings (SSSR count). The molecule has 0 bridgehead atoms. The lowest BCUT2D eigenvalue weighted by Crippen LogP contribution is -2.50. The molecule has 36 heavy (non-hydrogen) atoms. The molecule has 2 N–H and O–H groups in total. The van der Waals surface area contributed by atoms with Gasteiger partial charge in [-0.05, 0) is 30.1 Å². The van der Waals surface area contributed by atoms with Crippen molar-refractivity contribution >= 4 is 35.8 Å². The smallest absolute Gasteiger partial charge is 0.407 e. The second kappa shape index (κ2) is 10.9. The van der Waals surface area contributed by atoms with Crippen LogP contribution >= 0.6 is 0 Å². The van der Waals surface area contributed by atoms with Gasteiger partial charge < -0.3 is 20.1 Å². The van der Waals surface area contributed by atoms with Crippen molar-refractivity contribution in [3.63, 3.8) is 0 Å². The molecule has 12 nitrogen and oxygen atoms in total. The largest absolute Gasteiger partial charge is 0.448 e. The first-order valence-electron chi connectivity index (χ1n) is 11.8. The van der Waals surface area contributed by atoms with E-state index in [0.717, 1.165) is 16.2 Å². The molecule has 2 heterocycles. The summed E-state index contributed by atoms with van der Waals surface area (Å²) in [7, 11) is 0. The Morgan fingerprint density at radius 2 is 1.31 bits per heavy atom. The number of amides is 6. The van der Waals surface area contributed by atoms with Crippen LogP contribution < -0.4 is 10.6 Å². The standard InChI is InChI=1S/C24H32N4O8/c1-23(2)12-16(26-22(34)36-11-9-28-19(31)6-7-20(28)32)13-24(3,14-23)15-25-21(33)35-10-8-27-17(29)4-5-18(27)30/h4-7,16H,8-15H2,1-3H3,(H,25,33)(H,26,34). The van der Waals surface area contributed by atoms with Crippen LogP contribution in [0.2, 0.25) is 0 Å². The molecule has 196 valence electrons. The van der Waals surface area contributed by atoms with Crippen molar-refractivity contribution in [1.82, 2.24) is 20.4 Å². The predicted octanol–water partition coefficient (Wildman–Crippen LogP) is 0.874. The van der Waals surface area contributed by atoms with E-state index < -0.39 is 35.8 Å². The molecule has 1 aliphatic carbocycles. The SMILES string of the molecule is CC1(C)CC(NC(=O)OCCN2C(=O)C=CC2=O)CC(C)(CNC(=O)OCCN2C(=O)C=CC2=O)C1. The average Bonchev–Trinajstić information content (AvgIpc) is 3.26. The van der Waals surface area contributed by atoms with Gasteiger partial charge in [0.1, 0.15) is 13.2 Å². The summed E-state index contributed by atoms with van der Waals surface area (Å²) in [6.45, 7) is 6.21. The van der Waals surface area contributed by atoms with Gasteiger partial charge in [0.15, 0.2) is 0 Å². The van der Waals surface area contributed by atoms with Crippen molar-refractivity contribution in [3.8, 4) is 0 Å². The zero-order chi connectivity index (χ0) is 26.5. The van der Waals surface area contributed by atoms with Gasteiger partial charge in [0.25, 0.3) is 23.6 Å². The van der Waals surface area contributed by atoms with Gasteiger partial charge in [0.2, 0.25) is 0 Å². The molecule has 1 saturated carbocycles. The van der Waals surface area contributed by atoms with Crippen LogP contribution in [0.15, 0.2) is 24.3 Å². The molecule has 3 aliphatic rings. The predicted molar refractivity (Wildman–Crippen MR) is 125 cm³/mol. The van der Waals surface area contributed by atoms with Gasteiger partial charge in [-0.25, -0.2) is 9.59 Å².